The van der Waals surface area contributed by atoms with Crippen LogP contribution in [0.1, 0.15) is 11.7 Å². The third-order valence-electron chi connectivity index (χ3n) is 1.94. The molecule has 16 heavy (non-hydrogen) atoms. The molecule has 1 unspecified atom stereocenters. The number of aliphatic hydroxyl groups excluding tert-OH is 1. The average Bonchev–Trinajstić information content (AvgIpc) is 2.27. The lowest BCUT2D eigenvalue weighted by molar-refractivity contribution is -0.150. The van der Waals surface area contributed by atoms with Gasteiger partial charge in [0.1, 0.15) is 0 Å². The maximum absolute atomic E-state index is 11.1. The second-order valence-corrected chi connectivity index (χ2v) is 3.00. The molecule has 0 bridgehead atoms. The van der Waals surface area contributed by atoms with Crippen molar-refractivity contribution in [2.24, 2.45) is 5.73 Å². The highest BCUT2D eigenvalue weighted by Gasteiger charge is 2.21. The summed E-state index contributed by atoms with van der Waals surface area (Å²) in [6, 6.07) is 5.50. The number of nitrogens with one attached hydrogen (secondary N) is 1. The number of para-hydroxylation sites is 1. The Balaban J connectivity index is 3.02. The highest BCUT2D eigenvalue weighted by Crippen LogP contribution is 2.23. The lowest BCUT2D eigenvalue weighted by Gasteiger charge is -2.13. The van der Waals surface area contributed by atoms with Gasteiger partial charge in [-0.15, -0.1) is 0 Å². The molecule has 6 heteroatoms. The Labute approximate surface area is 92.0 Å². The van der Waals surface area contributed by atoms with Crippen LogP contribution in [-0.2, 0) is 9.53 Å². The van der Waals surface area contributed by atoms with Gasteiger partial charge in [0.25, 0.3) is 0 Å². The van der Waals surface area contributed by atoms with Gasteiger partial charge in [0.2, 0.25) is 0 Å². The molecule has 6 nitrogen and oxygen atoms in total. The van der Waals surface area contributed by atoms with Crippen molar-refractivity contribution in [3.63, 3.8) is 0 Å². The van der Waals surface area contributed by atoms with Crippen molar-refractivity contribution < 1.29 is 19.4 Å². The van der Waals surface area contributed by atoms with Crippen LogP contribution in [0.15, 0.2) is 24.3 Å². The fourth-order valence-electron chi connectivity index (χ4n) is 1.22. The van der Waals surface area contributed by atoms with E-state index in [0.717, 1.165) is 7.11 Å². The summed E-state index contributed by atoms with van der Waals surface area (Å²) in [5.41, 5.74) is 5.46. The van der Waals surface area contributed by atoms with Gasteiger partial charge in [-0.05, 0) is 6.07 Å². The summed E-state index contributed by atoms with van der Waals surface area (Å²) in [5.74, 6) is -0.807. The molecule has 86 valence electrons. The molecular formula is C10H12N2O4. The number of rotatable bonds is 3. The largest absolute Gasteiger partial charge is 0.467 e. The molecule has 0 aliphatic rings. The van der Waals surface area contributed by atoms with Crippen molar-refractivity contribution in [1.29, 1.82) is 0 Å². The molecule has 0 saturated heterocycles. The number of carbonyl (C=O) groups excluding carboxylic acids is 2. The number of ether oxygens (including phenoxy) is 1. The van der Waals surface area contributed by atoms with Gasteiger partial charge in [-0.2, -0.15) is 0 Å². The number of aliphatic hydroxyl groups is 1. The van der Waals surface area contributed by atoms with E-state index < -0.39 is 18.1 Å². The van der Waals surface area contributed by atoms with Gasteiger partial charge in [0.15, 0.2) is 6.10 Å². The highest BCUT2D eigenvalue weighted by molar-refractivity contribution is 5.90. The number of hydrogen-bond donors (Lipinski definition) is 3. The number of carbonyl (C=O) groups is 2. The number of esters is 1. The first-order chi connectivity index (χ1) is 7.56. The van der Waals surface area contributed by atoms with E-state index in [4.69, 9.17) is 5.73 Å². The number of nitrogens with two attached hydrogens (primary N) is 1. The summed E-state index contributed by atoms with van der Waals surface area (Å²) in [7, 11) is 1.16. The van der Waals surface area contributed by atoms with Gasteiger partial charge in [-0.25, -0.2) is 9.59 Å². The zero-order valence-electron chi connectivity index (χ0n) is 8.64. The first-order valence-electron chi connectivity index (χ1n) is 4.47. The number of benzene rings is 1. The number of amides is 2. The van der Waals surface area contributed by atoms with Crippen molar-refractivity contribution in [2.45, 2.75) is 6.10 Å². The van der Waals surface area contributed by atoms with Crippen LogP contribution in [0.25, 0.3) is 0 Å². The van der Waals surface area contributed by atoms with E-state index >= 15 is 0 Å². The Morgan fingerprint density at radius 2 is 2.06 bits per heavy atom. The molecule has 0 saturated carbocycles. The van der Waals surface area contributed by atoms with E-state index in [1.54, 1.807) is 12.1 Å². The Kier molecular flexibility index (Phi) is 3.84. The summed E-state index contributed by atoms with van der Waals surface area (Å²) in [6.45, 7) is 0. The zero-order valence-corrected chi connectivity index (χ0v) is 8.64. The maximum Gasteiger partial charge on any atom is 0.339 e. The van der Waals surface area contributed by atoms with E-state index in [2.05, 4.69) is 10.1 Å². The maximum atomic E-state index is 11.1. The number of hydrogen-bond acceptors (Lipinski definition) is 4. The van der Waals surface area contributed by atoms with Crippen molar-refractivity contribution >= 4 is 17.7 Å². The normalized spacial score (nSPS) is 11.6. The molecule has 4 N–H and O–H groups in total. The van der Waals surface area contributed by atoms with E-state index in [0.29, 0.717) is 0 Å². The summed E-state index contributed by atoms with van der Waals surface area (Å²) < 4.78 is 4.39. The van der Waals surface area contributed by atoms with Crippen LogP contribution in [0.4, 0.5) is 10.5 Å². The lowest BCUT2D eigenvalue weighted by atomic mass is 10.1. The lowest BCUT2D eigenvalue weighted by Crippen LogP contribution is -2.22. The standard InChI is InChI=1S/C10H12N2O4/c1-16-9(14)8(13)6-4-2-3-5-7(6)12-10(11)15/h2-5,8,13H,1H3,(H3,11,12,15). The first kappa shape index (κ1) is 12.0. The van der Waals surface area contributed by atoms with Crippen LogP contribution in [0.3, 0.4) is 0 Å². The number of anilines is 1. The molecule has 0 fully saturated rings. The van der Waals surface area contributed by atoms with Gasteiger partial charge in [0.05, 0.1) is 7.11 Å². The third kappa shape index (κ3) is 2.71. The van der Waals surface area contributed by atoms with Crippen LogP contribution in [0, 0.1) is 0 Å². The topological polar surface area (TPSA) is 102 Å². The van der Waals surface area contributed by atoms with Gasteiger partial charge in [-0.3, -0.25) is 0 Å². The SMILES string of the molecule is COC(=O)C(O)c1ccccc1NC(N)=O. The number of methoxy groups -OCH3 is 1. The molecule has 2 amide bonds. The van der Waals surface area contributed by atoms with E-state index in [-0.39, 0.29) is 11.3 Å². The second-order valence-electron chi connectivity index (χ2n) is 3.00. The number of primary amides is 1. The summed E-state index contributed by atoms with van der Waals surface area (Å²) >= 11 is 0. The Hall–Kier alpha value is -2.08. The fourth-order valence-corrected chi connectivity index (χ4v) is 1.22. The van der Waals surface area contributed by atoms with E-state index in [9.17, 15) is 14.7 Å². The van der Waals surface area contributed by atoms with Gasteiger partial charge >= 0.3 is 12.0 Å². The first-order valence-corrected chi connectivity index (χ1v) is 4.47. The van der Waals surface area contributed by atoms with Gasteiger partial charge in [0, 0.05) is 11.3 Å². The van der Waals surface area contributed by atoms with Crippen LogP contribution in [0.5, 0.6) is 0 Å². The van der Waals surface area contributed by atoms with Crippen LogP contribution >= 0.6 is 0 Å². The molecule has 0 heterocycles. The number of urea groups is 1. The summed E-state index contributed by atoms with van der Waals surface area (Å²) in [6.07, 6.45) is -1.45. The van der Waals surface area contributed by atoms with Crippen molar-refractivity contribution in [3.05, 3.63) is 29.8 Å². The minimum Gasteiger partial charge on any atom is -0.467 e. The Morgan fingerprint density at radius 3 is 2.62 bits per heavy atom. The minimum absolute atomic E-state index is 0.230. The Morgan fingerprint density at radius 1 is 1.44 bits per heavy atom. The van der Waals surface area contributed by atoms with Crippen molar-refractivity contribution in [2.75, 3.05) is 12.4 Å². The molecule has 0 aromatic heterocycles. The van der Waals surface area contributed by atoms with Crippen molar-refractivity contribution in [3.8, 4) is 0 Å². The van der Waals surface area contributed by atoms with Crippen LogP contribution in [-0.4, -0.2) is 24.2 Å². The van der Waals surface area contributed by atoms with E-state index in [1.807, 2.05) is 0 Å². The van der Waals surface area contributed by atoms with Gasteiger partial charge < -0.3 is 20.9 Å². The summed E-state index contributed by atoms with van der Waals surface area (Å²) in [4.78, 5) is 21.8. The second kappa shape index (κ2) is 5.13. The quantitative estimate of drug-likeness (QED) is 0.646. The third-order valence-corrected chi connectivity index (χ3v) is 1.94. The zero-order chi connectivity index (χ0) is 12.1. The minimum atomic E-state index is -1.45. The molecule has 1 rings (SSSR count). The van der Waals surface area contributed by atoms with Crippen molar-refractivity contribution in [1.82, 2.24) is 0 Å². The molecule has 0 aliphatic heterocycles. The molecule has 0 radical (unpaired) electrons. The molecule has 0 aliphatic carbocycles. The molecular weight excluding hydrogens is 212 g/mol. The highest BCUT2D eigenvalue weighted by atomic mass is 16.5. The predicted molar refractivity (Wildman–Crippen MR) is 56.6 cm³/mol. The summed E-state index contributed by atoms with van der Waals surface area (Å²) in [5, 5.41) is 11.9. The monoisotopic (exact) mass is 224 g/mol. The van der Waals surface area contributed by atoms with E-state index in [1.165, 1.54) is 12.1 Å². The molecule has 1 aromatic carbocycles. The molecule has 1 aromatic rings. The smallest absolute Gasteiger partial charge is 0.339 e. The molecule has 1 atom stereocenters. The Bertz CT molecular complexity index is 406. The predicted octanol–water partition coefficient (Wildman–Crippen LogP) is 0.384. The molecule has 0 spiro atoms. The fraction of sp³-hybridized carbons (Fsp3) is 0.200. The van der Waals surface area contributed by atoms with Crippen LogP contribution < -0.4 is 11.1 Å². The van der Waals surface area contributed by atoms with Gasteiger partial charge in [-0.1, -0.05) is 18.2 Å². The average molecular weight is 224 g/mol. The van der Waals surface area contributed by atoms with Crippen LogP contribution in [0.2, 0.25) is 0 Å².